The van der Waals surface area contributed by atoms with Crippen LogP contribution in [0.1, 0.15) is 13.8 Å². The number of hydrogen-bond donors (Lipinski definition) is 2. The second-order valence-corrected chi connectivity index (χ2v) is 4.91. The van der Waals surface area contributed by atoms with Gasteiger partial charge < -0.3 is 19.7 Å². The number of rotatable bonds is 8. The molecule has 0 aromatic carbocycles. The quantitative estimate of drug-likeness (QED) is 0.393. The fourth-order valence-electron chi connectivity index (χ4n) is 1.49. The molecule has 0 aromatic heterocycles. The largest absolute Gasteiger partial charge is 0.478 e. The van der Waals surface area contributed by atoms with Gasteiger partial charge in [0.25, 0.3) is 0 Å². The van der Waals surface area contributed by atoms with Gasteiger partial charge in [-0.05, 0) is 13.8 Å². The van der Waals surface area contributed by atoms with Crippen LogP contribution in [0.15, 0.2) is 35.5 Å². The summed E-state index contributed by atoms with van der Waals surface area (Å²) in [5, 5.41) is 17.8. The van der Waals surface area contributed by atoms with Gasteiger partial charge in [0.2, 0.25) is 0 Å². The molecule has 0 spiro atoms. The van der Waals surface area contributed by atoms with Crippen molar-refractivity contribution in [3.63, 3.8) is 0 Å². The topological polar surface area (TPSA) is 113 Å². The lowest BCUT2D eigenvalue weighted by atomic mass is 9.95. The van der Waals surface area contributed by atoms with Crippen molar-refractivity contribution in [2.75, 3.05) is 13.2 Å². The average molecular weight is 310 g/mol. The second-order valence-electron chi connectivity index (χ2n) is 4.91. The highest BCUT2D eigenvalue weighted by Gasteiger charge is 2.26. The molecule has 1 aliphatic rings. The molecule has 0 radical (unpaired) electrons. The Morgan fingerprint density at radius 1 is 1.23 bits per heavy atom. The van der Waals surface area contributed by atoms with Crippen LogP contribution in [-0.2, 0) is 23.9 Å². The van der Waals surface area contributed by atoms with E-state index < -0.39 is 23.8 Å². The van der Waals surface area contributed by atoms with Gasteiger partial charge in [-0.1, -0.05) is 18.7 Å². The van der Waals surface area contributed by atoms with E-state index in [0.717, 1.165) is 0 Å². The minimum absolute atomic E-state index is 0.0288. The lowest BCUT2D eigenvalue weighted by Gasteiger charge is -2.13. The summed E-state index contributed by atoms with van der Waals surface area (Å²) in [6, 6.07) is 0. The van der Waals surface area contributed by atoms with Crippen molar-refractivity contribution in [1.82, 2.24) is 0 Å². The van der Waals surface area contributed by atoms with Crippen LogP contribution in [0.25, 0.3) is 0 Å². The van der Waals surface area contributed by atoms with Gasteiger partial charge in [-0.2, -0.15) is 0 Å². The fourth-order valence-corrected chi connectivity index (χ4v) is 1.49. The molecule has 1 aliphatic heterocycles. The number of aliphatic carboxylic acids is 2. The van der Waals surface area contributed by atoms with E-state index >= 15 is 0 Å². The molecular weight excluding hydrogens is 292 g/mol. The molecule has 2 N–H and O–H groups in total. The molecule has 120 valence electrons. The zero-order valence-electron chi connectivity index (χ0n) is 12.4. The van der Waals surface area contributed by atoms with Crippen molar-refractivity contribution in [3.05, 3.63) is 35.5 Å². The minimum Gasteiger partial charge on any atom is -0.478 e. The van der Waals surface area contributed by atoms with Crippen molar-refractivity contribution in [1.29, 1.82) is 0 Å². The van der Waals surface area contributed by atoms with Gasteiger partial charge in [-0.3, -0.25) is 0 Å². The molecule has 7 nitrogen and oxygen atoms in total. The van der Waals surface area contributed by atoms with E-state index in [1.54, 1.807) is 0 Å². The van der Waals surface area contributed by atoms with E-state index in [0.29, 0.717) is 6.61 Å². The number of allylic oxidation sites excluding steroid dienone is 2. The first-order valence-corrected chi connectivity index (χ1v) is 6.53. The Labute approximate surface area is 127 Å². The Morgan fingerprint density at radius 2 is 1.68 bits per heavy atom. The third-order valence-corrected chi connectivity index (χ3v) is 3.00. The van der Waals surface area contributed by atoms with E-state index in [4.69, 9.17) is 19.7 Å². The summed E-state index contributed by atoms with van der Waals surface area (Å²) >= 11 is 0. The maximum Gasteiger partial charge on any atom is 0.334 e. The SMILES string of the molecule is C=C(C(=O)OCC1CO1)C(C=C(C)C(=O)O)C=C(C)C(=O)O. The summed E-state index contributed by atoms with van der Waals surface area (Å²) < 4.78 is 9.88. The molecule has 0 amide bonds. The van der Waals surface area contributed by atoms with Crippen molar-refractivity contribution >= 4 is 17.9 Å². The first kappa shape index (κ1) is 17.6. The number of carbonyl (C=O) groups excluding carboxylic acids is 1. The number of carbonyl (C=O) groups is 3. The van der Waals surface area contributed by atoms with Crippen molar-refractivity contribution < 1.29 is 34.1 Å². The standard InChI is InChI=1S/C15H18O7/c1-8(13(16)17)4-11(5-9(2)14(18)19)10(3)15(20)22-7-12-6-21-12/h4-5,11-12H,3,6-7H2,1-2H3,(H,16,17)(H,18,19). The van der Waals surface area contributed by atoms with E-state index in [1.165, 1.54) is 26.0 Å². The van der Waals surface area contributed by atoms with Crippen LogP contribution < -0.4 is 0 Å². The molecule has 0 saturated carbocycles. The molecule has 1 saturated heterocycles. The predicted molar refractivity (Wildman–Crippen MR) is 76.1 cm³/mol. The van der Waals surface area contributed by atoms with Crippen LogP contribution in [0.3, 0.4) is 0 Å². The zero-order valence-corrected chi connectivity index (χ0v) is 12.4. The zero-order chi connectivity index (χ0) is 16.9. The highest BCUT2D eigenvalue weighted by Crippen LogP contribution is 2.20. The lowest BCUT2D eigenvalue weighted by Crippen LogP contribution is -2.17. The van der Waals surface area contributed by atoms with Gasteiger partial charge in [0, 0.05) is 22.6 Å². The van der Waals surface area contributed by atoms with E-state index in [1.807, 2.05) is 0 Å². The van der Waals surface area contributed by atoms with Gasteiger partial charge in [0.05, 0.1) is 6.61 Å². The normalized spacial score (nSPS) is 19.3. The summed E-state index contributed by atoms with van der Waals surface area (Å²) in [7, 11) is 0. The predicted octanol–water partition coefficient (Wildman–Crippen LogP) is 1.16. The third-order valence-electron chi connectivity index (χ3n) is 3.00. The Balaban J connectivity index is 2.91. The number of epoxide rings is 1. The van der Waals surface area contributed by atoms with Crippen molar-refractivity contribution in [2.24, 2.45) is 5.92 Å². The summed E-state index contributed by atoms with van der Waals surface area (Å²) in [5.41, 5.74) is -0.0975. The Hall–Kier alpha value is -2.41. The van der Waals surface area contributed by atoms with Crippen LogP contribution >= 0.6 is 0 Å². The van der Waals surface area contributed by atoms with Crippen LogP contribution in [0.4, 0.5) is 0 Å². The average Bonchev–Trinajstić information content (AvgIpc) is 3.26. The monoisotopic (exact) mass is 310 g/mol. The third kappa shape index (κ3) is 5.53. The van der Waals surface area contributed by atoms with Crippen molar-refractivity contribution in [2.45, 2.75) is 20.0 Å². The van der Waals surface area contributed by atoms with Gasteiger partial charge in [0.1, 0.15) is 12.7 Å². The van der Waals surface area contributed by atoms with E-state index in [2.05, 4.69) is 6.58 Å². The molecule has 0 aliphatic carbocycles. The maximum atomic E-state index is 11.9. The van der Waals surface area contributed by atoms with Crippen LogP contribution in [0, 0.1) is 5.92 Å². The van der Waals surface area contributed by atoms with Crippen LogP contribution in [-0.4, -0.2) is 47.4 Å². The summed E-state index contributed by atoms with van der Waals surface area (Å²) in [5.74, 6) is -3.93. The van der Waals surface area contributed by atoms with Gasteiger partial charge in [0.15, 0.2) is 0 Å². The maximum absolute atomic E-state index is 11.9. The number of ether oxygens (including phenoxy) is 2. The molecule has 22 heavy (non-hydrogen) atoms. The highest BCUT2D eigenvalue weighted by atomic mass is 16.6. The molecular formula is C15H18O7. The molecule has 1 atom stereocenters. The van der Waals surface area contributed by atoms with Gasteiger partial charge in [-0.15, -0.1) is 0 Å². The molecule has 1 fully saturated rings. The van der Waals surface area contributed by atoms with Gasteiger partial charge in [-0.25, -0.2) is 14.4 Å². The summed E-state index contributed by atoms with van der Waals surface area (Å²) in [4.78, 5) is 33.7. The smallest absolute Gasteiger partial charge is 0.334 e. The van der Waals surface area contributed by atoms with Crippen LogP contribution in [0.5, 0.6) is 0 Å². The number of hydrogen-bond acceptors (Lipinski definition) is 5. The second kappa shape index (κ2) is 7.56. The Kier molecular flexibility index (Phi) is 6.06. The molecule has 1 rings (SSSR count). The molecule has 0 aromatic rings. The van der Waals surface area contributed by atoms with E-state index in [-0.39, 0.29) is 29.4 Å². The highest BCUT2D eigenvalue weighted by molar-refractivity contribution is 5.92. The molecule has 7 heteroatoms. The first-order chi connectivity index (χ1) is 10.2. The van der Waals surface area contributed by atoms with Crippen molar-refractivity contribution in [3.8, 4) is 0 Å². The van der Waals surface area contributed by atoms with Crippen LogP contribution in [0.2, 0.25) is 0 Å². The Morgan fingerprint density at radius 3 is 2.05 bits per heavy atom. The fraction of sp³-hybridized carbons (Fsp3) is 0.400. The molecule has 1 unspecified atom stereocenters. The summed E-state index contributed by atoms with van der Waals surface area (Å²) in [6.45, 7) is 6.89. The molecule has 0 bridgehead atoms. The minimum atomic E-state index is -1.17. The first-order valence-electron chi connectivity index (χ1n) is 6.53. The van der Waals surface area contributed by atoms with Gasteiger partial charge >= 0.3 is 17.9 Å². The number of carboxylic acid groups (broad SMARTS) is 2. The number of carboxylic acids is 2. The Bertz CT molecular complexity index is 522. The van der Waals surface area contributed by atoms with E-state index in [9.17, 15) is 14.4 Å². The summed E-state index contributed by atoms with van der Waals surface area (Å²) in [6.07, 6.45) is 2.40. The number of esters is 1. The lowest BCUT2D eigenvalue weighted by molar-refractivity contribution is -0.140. The molecule has 1 heterocycles.